The van der Waals surface area contributed by atoms with Crippen LogP contribution in [0.2, 0.25) is 0 Å². The van der Waals surface area contributed by atoms with Crippen molar-refractivity contribution in [3.8, 4) is 0 Å². The first-order valence-electron chi connectivity index (χ1n) is 5.13. The van der Waals surface area contributed by atoms with Gasteiger partial charge < -0.3 is 20.9 Å². The Morgan fingerprint density at radius 3 is 2.38 bits per heavy atom. The van der Waals surface area contributed by atoms with Crippen LogP contribution in [-0.2, 0) is 9.53 Å². The van der Waals surface area contributed by atoms with Crippen molar-refractivity contribution in [1.82, 2.24) is 5.32 Å². The second-order valence-electron chi connectivity index (χ2n) is 4.40. The molecule has 0 saturated carbocycles. The van der Waals surface area contributed by atoms with Gasteiger partial charge in [0.15, 0.2) is 5.78 Å². The average molecular weight is 232 g/mol. The fourth-order valence-corrected chi connectivity index (χ4v) is 1.04. The molecule has 6 nitrogen and oxygen atoms in total. The van der Waals surface area contributed by atoms with Crippen LogP contribution in [0.25, 0.3) is 0 Å². The highest BCUT2D eigenvalue weighted by atomic mass is 16.6. The molecule has 0 aliphatic carbocycles. The minimum absolute atomic E-state index is 0.242. The zero-order chi connectivity index (χ0) is 12.8. The molecule has 0 unspecified atom stereocenters. The first-order chi connectivity index (χ1) is 7.30. The molecule has 0 saturated heterocycles. The predicted molar refractivity (Wildman–Crippen MR) is 58.9 cm³/mol. The van der Waals surface area contributed by atoms with E-state index in [1.165, 1.54) is 0 Å². The Morgan fingerprint density at radius 1 is 1.44 bits per heavy atom. The van der Waals surface area contributed by atoms with Gasteiger partial charge in [-0.3, -0.25) is 4.79 Å². The van der Waals surface area contributed by atoms with E-state index in [2.05, 4.69) is 5.32 Å². The molecule has 0 heterocycles. The number of nitrogens with two attached hydrogens (primary N) is 1. The summed E-state index contributed by atoms with van der Waals surface area (Å²) in [6.07, 6.45) is -0.411. The lowest BCUT2D eigenvalue weighted by molar-refractivity contribution is -0.123. The summed E-state index contributed by atoms with van der Waals surface area (Å²) in [4.78, 5) is 22.6. The van der Waals surface area contributed by atoms with E-state index in [1.54, 1.807) is 20.8 Å². The van der Waals surface area contributed by atoms with Gasteiger partial charge >= 0.3 is 6.09 Å². The molecule has 0 radical (unpaired) electrons. The highest BCUT2D eigenvalue weighted by Crippen LogP contribution is 2.07. The first-order valence-corrected chi connectivity index (χ1v) is 5.13. The SMILES string of the molecule is CC(C)(C)OC(=O)N[C@H](CCN)C(=O)CO. The van der Waals surface area contributed by atoms with Crippen LogP contribution in [-0.4, -0.2) is 41.8 Å². The summed E-state index contributed by atoms with van der Waals surface area (Å²) in [6.45, 7) is 4.78. The predicted octanol–water partition coefficient (Wildman–Crippen LogP) is -0.210. The molecular weight excluding hydrogens is 212 g/mol. The van der Waals surface area contributed by atoms with Gasteiger partial charge in [-0.1, -0.05) is 0 Å². The highest BCUT2D eigenvalue weighted by molar-refractivity contribution is 5.88. The summed E-state index contributed by atoms with van der Waals surface area (Å²) in [5.41, 5.74) is 4.67. The van der Waals surface area contributed by atoms with E-state index in [4.69, 9.17) is 15.6 Å². The summed E-state index contributed by atoms with van der Waals surface area (Å²) < 4.78 is 4.98. The van der Waals surface area contributed by atoms with Crippen LogP contribution in [0.1, 0.15) is 27.2 Å². The molecule has 16 heavy (non-hydrogen) atoms. The number of hydrogen-bond acceptors (Lipinski definition) is 5. The quantitative estimate of drug-likeness (QED) is 0.608. The van der Waals surface area contributed by atoms with Crippen molar-refractivity contribution >= 4 is 11.9 Å². The Labute approximate surface area is 95.1 Å². The van der Waals surface area contributed by atoms with Gasteiger partial charge in [-0.25, -0.2) is 4.79 Å². The fraction of sp³-hybridized carbons (Fsp3) is 0.800. The number of amides is 1. The number of Topliss-reactive ketones (excluding diaryl/α,β-unsaturated/α-hetero) is 1. The Kier molecular flexibility index (Phi) is 5.98. The molecule has 0 aliphatic heterocycles. The molecule has 6 heteroatoms. The van der Waals surface area contributed by atoms with Gasteiger partial charge in [0.1, 0.15) is 12.2 Å². The normalized spacial score (nSPS) is 13.1. The fourth-order valence-electron chi connectivity index (χ4n) is 1.04. The Balaban J connectivity index is 4.29. The number of aliphatic hydroxyl groups excluding tert-OH is 1. The lowest BCUT2D eigenvalue weighted by atomic mass is 10.1. The number of carbonyl (C=O) groups is 2. The molecule has 0 fully saturated rings. The van der Waals surface area contributed by atoms with E-state index >= 15 is 0 Å². The zero-order valence-electron chi connectivity index (χ0n) is 9.95. The molecule has 94 valence electrons. The second-order valence-corrected chi connectivity index (χ2v) is 4.40. The largest absolute Gasteiger partial charge is 0.444 e. The molecule has 0 rings (SSSR count). The summed E-state index contributed by atoms with van der Waals surface area (Å²) >= 11 is 0. The van der Waals surface area contributed by atoms with Crippen molar-refractivity contribution in [2.75, 3.05) is 13.2 Å². The minimum Gasteiger partial charge on any atom is -0.444 e. The molecule has 0 spiro atoms. The molecule has 0 aromatic heterocycles. The van der Waals surface area contributed by atoms with Crippen molar-refractivity contribution in [3.63, 3.8) is 0 Å². The monoisotopic (exact) mass is 232 g/mol. The minimum atomic E-state index is -0.787. The smallest absolute Gasteiger partial charge is 0.408 e. The number of ketones is 1. The van der Waals surface area contributed by atoms with Crippen LogP contribution in [0, 0.1) is 0 Å². The molecule has 0 aromatic carbocycles. The molecule has 0 aromatic rings. The highest BCUT2D eigenvalue weighted by Gasteiger charge is 2.22. The van der Waals surface area contributed by atoms with Crippen molar-refractivity contribution in [3.05, 3.63) is 0 Å². The van der Waals surface area contributed by atoms with Crippen molar-refractivity contribution in [2.45, 2.75) is 38.8 Å². The van der Waals surface area contributed by atoms with Gasteiger partial charge in [-0.05, 0) is 33.7 Å². The standard InChI is InChI=1S/C10H20N2O4/c1-10(2,3)16-9(15)12-7(4-5-11)8(14)6-13/h7,13H,4-6,11H2,1-3H3,(H,12,15)/t7-/m1/s1. The van der Waals surface area contributed by atoms with Gasteiger partial charge in [0.05, 0.1) is 6.04 Å². The third-order valence-corrected chi connectivity index (χ3v) is 1.69. The summed E-state index contributed by atoms with van der Waals surface area (Å²) in [5.74, 6) is -0.476. The summed E-state index contributed by atoms with van der Waals surface area (Å²) in [5, 5.41) is 11.1. The number of carbonyl (C=O) groups excluding carboxylic acids is 2. The van der Waals surface area contributed by atoms with Crippen LogP contribution in [0.5, 0.6) is 0 Å². The maximum absolute atomic E-state index is 11.4. The van der Waals surface area contributed by atoms with E-state index in [0.29, 0.717) is 0 Å². The van der Waals surface area contributed by atoms with Gasteiger partial charge in [0.2, 0.25) is 0 Å². The van der Waals surface area contributed by atoms with Crippen LogP contribution < -0.4 is 11.1 Å². The number of alkyl carbamates (subject to hydrolysis) is 1. The Hall–Kier alpha value is -1.14. The van der Waals surface area contributed by atoms with Gasteiger partial charge in [0.25, 0.3) is 0 Å². The molecular formula is C10H20N2O4. The zero-order valence-corrected chi connectivity index (χ0v) is 9.95. The lowest BCUT2D eigenvalue weighted by Crippen LogP contribution is -2.45. The van der Waals surface area contributed by atoms with Crippen LogP contribution in [0.3, 0.4) is 0 Å². The molecule has 0 aliphatic rings. The number of ether oxygens (including phenoxy) is 1. The van der Waals surface area contributed by atoms with Crippen LogP contribution in [0.4, 0.5) is 4.79 Å². The number of hydrogen-bond donors (Lipinski definition) is 3. The van der Waals surface area contributed by atoms with E-state index in [0.717, 1.165) is 0 Å². The number of aliphatic hydroxyl groups is 1. The maximum Gasteiger partial charge on any atom is 0.408 e. The van der Waals surface area contributed by atoms with Crippen molar-refractivity contribution in [1.29, 1.82) is 0 Å². The third kappa shape index (κ3) is 6.36. The van der Waals surface area contributed by atoms with Gasteiger partial charge in [-0.15, -0.1) is 0 Å². The van der Waals surface area contributed by atoms with Gasteiger partial charge in [-0.2, -0.15) is 0 Å². The van der Waals surface area contributed by atoms with E-state index in [-0.39, 0.29) is 13.0 Å². The topological polar surface area (TPSA) is 102 Å². The molecule has 0 bridgehead atoms. The van der Waals surface area contributed by atoms with Gasteiger partial charge in [0, 0.05) is 0 Å². The van der Waals surface area contributed by atoms with Crippen LogP contribution >= 0.6 is 0 Å². The van der Waals surface area contributed by atoms with Crippen molar-refractivity contribution in [2.24, 2.45) is 5.73 Å². The van der Waals surface area contributed by atoms with Crippen molar-refractivity contribution < 1.29 is 19.4 Å². The maximum atomic E-state index is 11.4. The Bertz CT molecular complexity index is 248. The molecule has 4 N–H and O–H groups in total. The third-order valence-electron chi connectivity index (χ3n) is 1.69. The summed E-state index contributed by atoms with van der Waals surface area (Å²) in [6, 6.07) is -0.787. The number of rotatable bonds is 5. The van der Waals surface area contributed by atoms with E-state index in [1.807, 2.05) is 0 Å². The number of nitrogens with one attached hydrogen (secondary N) is 1. The second kappa shape index (κ2) is 6.44. The molecule has 1 atom stereocenters. The average Bonchev–Trinajstić information content (AvgIpc) is 2.13. The Morgan fingerprint density at radius 2 is 2.00 bits per heavy atom. The summed E-state index contributed by atoms with van der Waals surface area (Å²) in [7, 11) is 0. The van der Waals surface area contributed by atoms with Crippen LogP contribution in [0.15, 0.2) is 0 Å². The molecule has 1 amide bonds. The van der Waals surface area contributed by atoms with E-state index in [9.17, 15) is 9.59 Å². The first kappa shape index (κ1) is 14.9. The van der Waals surface area contributed by atoms with E-state index < -0.39 is 30.1 Å². The lowest BCUT2D eigenvalue weighted by Gasteiger charge is -2.22.